The molecule has 2 unspecified atom stereocenters. The van der Waals surface area contributed by atoms with Gasteiger partial charge in [0, 0.05) is 24.1 Å². The van der Waals surface area contributed by atoms with Crippen LogP contribution in [0.25, 0.3) is 11.0 Å². The van der Waals surface area contributed by atoms with Gasteiger partial charge in [0.05, 0.1) is 11.6 Å². The van der Waals surface area contributed by atoms with Crippen LogP contribution in [0, 0.1) is 0 Å². The molecule has 0 aliphatic carbocycles. The molecule has 34 heavy (non-hydrogen) atoms. The fourth-order valence-electron chi connectivity index (χ4n) is 4.24. The first kappa shape index (κ1) is 23.8. The predicted octanol–water partition coefficient (Wildman–Crippen LogP) is 6.43. The Balaban J connectivity index is 1.62. The highest BCUT2D eigenvalue weighted by molar-refractivity contribution is 5.78. The van der Waals surface area contributed by atoms with Crippen molar-refractivity contribution in [1.29, 1.82) is 0 Å². The minimum absolute atomic E-state index is 0.0121. The molecule has 4 aromatic rings. The van der Waals surface area contributed by atoms with Crippen molar-refractivity contribution in [2.75, 3.05) is 7.05 Å². The molecular formula is C30H33NO3. The van der Waals surface area contributed by atoms with E-state index in [4.69, 9.17) is 9.15 Å². The van der Waals surface area contributed by atoms with Gasteiger partial charge < -0.3 is 14.5 Å². The van der Waals surface area contributed by atoms with Crippen LogP contribution in [0.2, 0.25) is 0 Å². The van der Waals surface area contributed by atoms with E-state index in [1.165, 1.54) is 5.56 Å². The van der Waals surface area contributed by atoms with E-state index in [2.05, 4.69) is 41.7 Å². The van der Waals surface area contributed by atoms with E-state index < -0.39 is 0 Å². The molecule has 4 nitrogen and oxygen atoms in total. The van der Waals surface area contributed by atoms with E-state index in [0.717, 1.165) is 18.4 Å². The van der Waals surface area contributed by atoms with Gasteiger partial charge in [0.25, 0.3) is 0 Å². The minimum Gasteiger partial charge on any atom is -0.486 e. The molecule has 0 radical (unpaired) electrons. The number of likely N-dealkylation sites (N-methyl/N-ethyl adjacent to an activating group) is 1. The third-order valence-corrected chi connectivity index (χ3v) is 6.24. The Morgan fingerprint density at radius 2 is 1.62 bits per heavy atom. The van der Waals surface area contributed by atoms with Crippen LogP contribution < -0.4 is 15.5 Å². The van der Waals surface area contributed by atoms with Crippen LogP contribution in [0.4, 0.5) is 0 Å². The summed E-state index contributed by atoms with van der Waals surface area (Å²) >= 11 is 0. The van der Waals surface area contributed by atoms with Crippen LogP contribution in [-0.2, 0) is 11.8 Å². The monoisotopic (exact) mass is 455 g/mol. The molecule has 4 rings (SSSR count). The second-order valence-electron chi connectivity index (χ2n) is 9.81. The quantitative estimate of drug-likeness (QED) is 0.333. The molecule has 0 bridgehead atoms. The Labute approximate surface area is 201 Å². The molecule has 0 amide bonds. The minimum atomic E-state index is -0.275. The topological polar surface area (TPSA) is 51.5 Å². The Kier molecular flexibility index (Phi) is 7.18. The summed E-state index contributed by atoms with van der Waals surface area (Å²) < 4.78 is 12.4. The molecule has 0 aliphatic rings. The number of ether oxygens (including phenoxy) is 1. The van der Waals surface area contributed by atoms with Gasteiger partial charge in [-0.3, -0.25) is 4.79 Å². The molecule has 4 heteroatoms. The van der Waals surface area contributed by atoms with Gasteiger partial charge >= 0.3 is 0 Å². The Bertz CT molecular complexity index is 1270. The van der Waals surface area contributed by atoms with Gasteiger partial charge in [0.1, 0.15) is 17.4 Å². The summed E-state index contributed by atoms with van der Waals surface area (Å²) in [4.78, 5) is 13.0. The first-order valence-electron chi connectivity index (χ1n) is 11.8. The molecule has 2 atom stereocenters. The Morgan fingerprint density at radius 1 is 0.941 bits per heavy atom. The fraction of sp³-hybridized carbons (Fsp3) is 0.300. The number of nitrogens with one attached hydrogen (secondary N) is 1. The van der Waals surface area contributed by atoms with Crippen LogP contribution in [0.3, 0.4) is 0 Å². The predicted molar refractivity (Wildman–Crippen MR) is 139 cm³/mol. The average Bonchev–Trinajstić information content (AvgIpc) is 2.83. The maximum absolute atomic E-state index is 13.0. The molecule has 3 aromatic carbocycles. The van der Waals surface area contributed by atoms with Crippen LogP contribution in [0.5, 0.6) is 5.75 Å². The van der Waals surface area contributed by atoms with E-state index in [1.54, 1.807) is 6.26 Å². The lowest BCUT2D eigenvalue weighted by molar-refractivity contribution is 0.178. The maximum atomic E-state index is 13.0. The summed E-state index contributed by atoms with van der Waals surface area (Å²) in [5.74, 6) is 0.683. The highest BCUT2D eigenvalue weighted by Gasteiger charge is 2.22. The molecule has 0 saturated heterocycles. The largest absolute Gasteiger partial charge is 0.486 e. The lowest BCUT2D eigenvalue weighted by Crippen LogP contribution is -2.31. The number of benzene rings is 3. The fourth-order valence-corrected chi connectivity index (χ4v) is 4.24. The zero-order valence-corrected chi connectivity index (χ0v) is 20.4. The average molecular weight is 456 g/mol. The van der Waals surface area contributed by atoms with Crippen molar-refractivity contribution < 1.29 is 9.15 Å². The first-order valence-corrected chi connectivity index (χ1v) is 11.8. The van der Waals surface area contributed by atoms with Crippen molar-refractivity contribution in [2.45, 2.75) is 51.2 Å². The SMILES string of the molecule is CNC(Cc1ccccc1)CC(Oc1ccc2c(=O)c(C(C)(C)C)coc2c1)c1ccccc1. The summed E-state index contributed by atoms with van der Waals surface area (Å²) in [7, 11) is 1.99. The molecule has 176 valence electrons. The first-order chi connectivity index (χ1) is 16.3. The molecule has 0 saturated carbocycles. The van der Waals surface area contributed by atoms with Crippen molar-refractivity contribution in [3.05, 3.63) is 112 Å². The summed E-state index contributed by atoms with van der Waals surface area (Å²) in [5, 5.41) is 4.03. The third kappa shape index (κ3) is 5.57. The zero-order valence-electron chi connectivity index (χ0n) is 20.4. The van der Waals surface area contributed by atoms with E-state index in [1.807, 2.05) is 70.3 Å². The smallest absolute Gasteiger partial charge is 0.196 e. The van der Waals surface area contributed by atoms with Crippen LogP contribution in [0.1, 0.15) is 50.0 Å². The van der Waals surface area contributed by atoms with Gasteiger partial charge in [-0.25, -0.2) is 0 Å². The Morgan fingerprint density at radius 3 is 2.26 bits per heavy atom. The van der Waals surface area contributed by atoms with Crippen molar-refractivity contribution >= 4 is 11.0 Å². The summed E-state index contributed by atoms with van der Waals surface area (Å²) in [6.45, 7) is 6.04. The Hall–Kier alpha value is -3.37. The lowest BCUT2D eigenvalue weighted by atomic mass is 9.87. The molecule has 0 aliphatic heterocycles. The number of hydrogen-bond acceptors (Lipinski definition) is 4. The molecule has 1 heterocycles. The summed E-state index contributed by atoms with van der Waals surface area (Å²) in [5.41, 5.74) is 3.35. The van der Waals surface area contributed by atoms with Gasteiger partial charge in [0.2, 0.25) is 0 Å². The van der Waals surface area contributed by atoms with Gasteiger partial charge in [0.15, 0.2) is 5.43 Å². The molecule has 1 aromatic heterocycles. The normalized spacial score (nSPS) is 13.5. The summed E-state index contributed by atoms with van der Waals surface area (Å²) in [6.07, 6.45) is 3.13. The second-order valence-corrected chi connectivity index (χ2v) is 9.81. The van der Waals surface area contributed by atoms with Crippen molar-refractivity contribution in [3.63, 3.8) is 0 Å². The van der Waals surface area contributed by atoms with E-state index in [9.17, 15) is 4.79 Å². The molecule has 0 fully saturated rings. The summed E-state index contributed by atoms with van der Waals surface area (Å²) in [6, 6.07) is 26.5. The van der Waals surface area contributed by atoms with E-state index in [-0.39, 0.29) is 23.0 Å². The second kappa shape index (κ2) is 10.3. The molecule has 1 N–H and O–H groups in total. The number of hydrogen-bond donors (Lipinski definition) is 1. The lowest BCUT2D eigenvalue weighted by Gasteiger charge is -2.25. The molecular weight excluding hydrogens is 422 g/mol. The molecule has 0 spiro atoms. The van der Waals surface area contributed by atoms with E-state index >= 15 is 0 Å². The number of rotatable bonds is 8. The van der Waals surface area contributed by atoms with Crippen molar-refractivity contribution in [2.24, 2.45) is 0 Å². The van der Waals surface area contributed by atoms with Crippen LogP contribution in [-0.4, -0.2) is 13.1 Å². The van der Waals surface area contributed by atoms with Crippen molar-refractivity contribution in [1.82, 2.24) is 5.32 Å². The van der Waals surface area contributed by atoms with Gasteiger partial charge in [-0.1, -0.05) is 81.4 Å². The van der Waals surface area contributed by atoms with Crippen LogP contribution >= 0.6 is 0 Å². The standard InChI is InChI=1S/C30H33NO3/c1-30(2,3)26-20-33-28-19-24(15-16-25(28)29(26)32)34-27(22-13-9-6-10-14-22)18-23(31-4)17-21-11-7-5-8-12-21/h5-16,19-20,23,27,31H,17-18H2,1-4H3. The third-order valence-electron chi connectivity index (χ3n) is 6.24. The van der Waals surface area contributed by atoms with E-state index in [0.29, 0.717) is 22.3 Å². The maximum Gasteiger partial charge on any atom is 0.196 e. The van der Waals surface area contributed by atoms with Gasteiger partial charge in [-0.15, -0.1) is 0 Å². The van der Waals surface area contributed by atoms with Gasteiger partial charge in [-0.05, 0) is 42.1 Å². The highest BCUT2D eigenvalue weighted by Crippen LogP contribution is 2.30. The number of fused-ring (bicyclic) bond motifs is 1. The van der Waals surface area contributed by atoms with Crippen molar-refractivity contribution in [3.8, 4) is 5.75 Å². The highest BCUT2D eigenvalue weighted by atomic mass is 16.5. The van der Waals surface area contributed by atoms with Gasteiger partial charge in [-0.2, -0.15) is 0 Å². The van der Waals surface area contributed by atoms with Crippen LogP contribution in [0.15, 0.2) is 94.3 Å². The zero-order chi connectivity index (χ0) is 24.1.